The molecule has 2 N–H and O–H groups in total. The van der Waals surface area contributed by atoms with E-state index < -0.39 is 85.0 Å². The van der Waals surface area contributed by atoms with Crippen molar-refractivity contribution in [3.63, 3.8) is 0 Å². The Bertz CT molecular complexity index is 1540. The van der Waals surface area contributed by atoms with E-state index in [2.05, 4.69) is 15.4 Å². The maximum Gasteiger partial charge on any atom is 0.386 e. The standard InChI is InChI=1S/C25H24Cl3N7O8S/c1-3-33-9-10-34(21(39)20(33)38)24(41)31-14(13-7-5-4-6-8-13)17(36)30-15-19(37)35-16(23(40)43-11-25(26,27)28)12(2)18(32-29)44(42)22(15)35/h4-8,14-15,22H,3,9-11H2,1-2H3,(H,30,36)(H,31,41)/t14?,15?,22-,44-/m0/s1. The first-order chi connectivity index (χ1) is 20.7. The number of alkyl halides is 3. The van der Waals surface area contributed by atoms with Gasteiger partial charge in [0.05, 0.1) is 5.57 Å². The molecule has 1 aromatic carbocycles. The predicted molar refractivity (Wildman–Crippen MR) is 155 cm³/mol. The lowest BCUT2D eigenvalue weighted by Crippen LogP contribution is -2.74. The highest BCUT2D eigenvalue weighted by atomic mass is 35.6. The van der Waals surface area contributed by atoms with E-state index in [0.717, 1.165) is 4.90 Å². The van der Waals surface area contributed by atoms with E-state index in [1.165, 1.54) is 24.0 Å². The molecule has 0 spiro atoms. The number of rotatable bonds is 7. The zero-order valence-electron chi connectivity index (χ0n) is 23.0. The number of carbonyl (C=O) groups excluding carboxylic acids is 6. The zero-order chi connectivity index (χ0) is 32.5. The van der Waals surface area contributed by atoms with Crippen LogP contribution in [0.5, 0.6) is 0 Å². The van der Waals surface area contributed by atoms with Crippen molar-refractivity contribution >= 4 is 86.3 Å². The van der Waals surface area contributed by atoms with E-state index in [4.69, 9.17) is 39.5 Å². The van der Waals surface area contributed by atoms with E-state index in [9.17, 15) is 38.5 Å². The van der Waals surface area contributed by atoms with Crippen LogP contribution in [0.15, 0.2) is 41.6 Å². The summed E-state index contributed by atoms with van der Waals surface area (Å²) >= 11 is 16.9. The summed E-state index contributed by atoms with van der Waals surface area (Å²) in [6.45, 7) is 2.51. The number of urea groups is 1. The van der Waals surface area contributed by atoms with Gasteiger partial charge in [0.2, 0.25) is 9.70 Å². The van der Waals surface area contributed by atoms with Gasteiger partial charge in [-0.15, -0.1) is 0 Å². The first-order valence-corrected chi connectivity index (χ1v) is 15.2. The summed E-state index contributed by atoms with van der Waals surface area (Å²) in [5.41, 5.74) is 9.20. The number of hydrogen-bond donors (Lipinski definition) is 2. The minimum Gasteiger partial charge on any atom is -0.456 e. The highest BCUT2D eigenvalue weighted by Crippen LogP contribution is 2.37. The highest BCUT2D eigenvalue weighted by molar-refractivity contribution is 8.01. The average Bonchev–Trinajstić information content (AvgIpc) is 2.98. The van der Waals surface area contributed by atoms with Gasteiger partial charge < -0.3 is 25.8 Å². The molecule has 3 aliphatic rings. The maximum atomic E-state index is 13.6. The molecular formula is C25H24Cl3N7O8S. The van der Waals surface area contributed by atoms with E-state index in [1.54, 1.807) is 25.1 Å². The molecule has 44 heavy (non-hydrogen) atoms. The second-order valence-corrected chi connectivity index (χ2v) is 13.6. The summed E-state index contributed by atoms with van der Waals surface area (Å²) in [5.74, 6) is -4.91. The smallest absolute Gasteiger partial charge is 0.386 e. The molecule has 3 heterocycles. The van der Waals surface area contributed by atoms with Gasteiger partial charge in [-0.25, -0.2) is 13.8 Å². The number of nitrogens with one attached hydrogen (secondary N) is 2. The number of fused-ring (bicyclic) bond motifs is 1. The van der Waals surface area contributed by atoms with Gasteiger partial charge in [0.15, 0.2) is 16.2 Å². The molecule has 15 nitrogen and oxygen atoms in total. The van der Waals surface area contributed by atoms with Crippen molar-refractivity contribution in [3.8, 4) is 0 Å². The van der Waals surface area contributed by atoms with Crippen LogP contribution in [0.2, 0.25) is 0 Å². The zero-order valence-corrected chi connectivity index (χ0v) is 26.1. The van der Waals surface area contributed by atoms with Gasteiger partial charge in [0.1, 0.15) is 24.4 Å². The van der Waals surface area contributed by atoms with Crippen molar-refractivity contribution in [2.24, 2.45) is 0 Å². The fraction of sp³-hybridized carbons (Fsp3) is 0.400. The van der Waals surface area contributed by atoms with Gasteiger partial charge in [0.25, 0.3) is 5.91 Å². The SMILES string of the molecule is CCN1CCN(C(=O)NC(C(=O)NC2C(=O)N3C(C(=O)OCC(Cl)(Cl)Cl)=C(C)C(=[N+]=[N-])[S@](=O)[C@@H]23)c2ccccc2)C(=O)C1=O. The number of benzene rings is 1. The molecule has 4 atom stereocenters. The molecule has 4 rings (SSSR count). The lowest BCUT2D eigenvalue weighted by Gasteiger charge is -2.47. The molecule has 0 aromatic heterocycles. The van der Waals surface area contributed by atoms with E-state index in [1.807, 2.05) is 0 Å². The Balaban J connectivity index is 1.58. The van der Waals surface area contributed by atoms with E-state index in [0.29, 0.717) is 4.90 Å². The van der Waals surface area contributed by atoms with Gasteiger partial charge in [0, 0.05) is 19.6 Å². The molecule has 0 aliphatic carbocycles. The Morgan fingerprint density at radius 2 is 1.80 bits per heavy atom. The molecule has 2 fully saturated rings. The fourth-order valence-corrected chi connectivity index (χ4v) is 6.44. The van der Waals surface area contributed by atoms with Gasteiger partial charge in [-0.3, -0.25) is 29.0 Å². The average molecular weight is 689 g/mol. The molecular weight excluding hydrogens is 665 g/mol. The second-order valence-electron chi connectivity index (χ2n) is 9.59. The largest absolute Gasteiger partial charge is 0.456 e. The van der Waals surface area contributed by atoms with Crippen molar-refractivity contribution in [1.29, 1.82) is 0 Å². The summed E-state index contributed by atoms with van der Waals surface area (Å²) in [6, 6.07) is 3.79. The molecule has 2 saturated heterocycles. The Kier molecular flexibility index (Phi) is 9.80. The normalized spacial score (nSPS) is 22.6. The lowest BCUT2D eigenvalue weighted by atomic mass is 10.0. The molecule has 3 aliphatic heterocycles. The minimum absolute atomic E-state index is 0.102. The number of ether oxygens (including phenoxy) is 1. The van der Waals surface area contributed by atoms with Crippen molar-refractivity contribution in [3.05, 3.63) is 52.7 Å². The third kappa shape index (κ3) is 6.35. The second kappa shape index (κ2) is 13.0. The summed E-state index contributed by atoms with van der Waals surface area (Å²) in [7, 11) is -2.24. The fourth-order valence-electron chi connectivity index (χ4n) is 4.74. The third-order valence-electron chi connectivity index (χ3n) is 6.92. The summed E-state index contributed by atoms with van der Waals surface area (Å²) in [6.07, 6.45) is 0. The van der Waals surface area contributed by atoms with Crippen LogP contribution < -0.4 is 10.6 Å². The van der Waals surface area contributed by atoms with Crippen LogP contribution >= 0.6 is 34.8 Å². The van der Waals surface area contributed by atoms with Crippen LogP contribution in [0.3, 0.4) is 0 Å². The summed E-state index contributed by atoms with van der Waals surface area (Å²) in [5, 5.41) is 2.97. The number of hydrogen-bond acceptors (Lipinski definition) is 8. The number of likely N-dealkylation sites (N-methyl/N-ethyl adjacent to an activating group) is 1. The van der Waals surface area contributed by atoms with Gasteiger partial charge in [-0.05, 0) is 19.4 Å². The molecule has 1 aromatic rings. The van der Waals surface area contributed by atoms with E-state index >= 15 is 0 Å². The molecule has 234 valence electrons. The van der Waals surface area contributed by atoms with Crippen molar-refractivity contribution in [2.45, 2.75) is 35.1 Å². The first-order valence-electron chi connectivity index (χ1n) is 12.9. The van der Waals surface area contributed by atoms with Crippen molar-refractivity contribution in [1.82, 2.24) is 25.3 Å². The topological polar surface area (TPSA) is 199 Å². The Morgan fingerprint density at radius 3 is 2.39 bits per heavy atom. The number of nitrogens with zero attached hydrogens (tertiary/aromatic N) is 5. The molecule has 19 heteroatoms. The molecule has 0 saturated carbocycles. The lowest BCUT2D eigenvalue weighted by molar-refractivity contribution is -0.153. The van der Waals surface area contributed by atoms with Crippen LogP contribution in [-0.2, 0) is 39.5 Å². The maximum absolute atomic E-state index is 13.6. The Labute approximate surface area is 267 Å². The van der Waals surface area contributed by atoms with E-state index in [-0.39, 0.29) is 30.8 Å². The van der Waals surface area contributed by atoms with Crippen LogP contribution in [0.25, 0.3) is 5.53 Å². The number of amides is 6. The van der Waals surface area contributed by atoms with Gasteiger partial charge in [-0.1, -0.05) is 65.1 Å². The summed E-state index contributed by atoms with van der Waals surface area (Å²) < 4.78 is 16.3. The molecule has 2 unspecified atom stereocenters. The van der Waals surface area contributed by atoms with Crippen molar-refractivity contribution in [2.75, 3.05) is 26.2 Å². The number of halogens is 3. The molecule has 0 bridgehead atoms. The monoisotopic (exact) mass is 687 g/mol. The number of piperazine rings is 1. The van der Waals surface area contributed by atoms with Gasteiger partial charge in [-0.2, -0.15) is 4.79 Å². The third-order valence-corrected chi connectivity index (χ3v) is 8.94. The number of carbonyl (C=O) groups is 6. The van der Waals surface area contributed by atoms with Crippen LogP contribution in [0, 0.1) is 0 Å². The van der Waals surface area contributed by atoms with Gasteiger partial charge >= 0.3 is 28.9 Å². The first kappa shape index (κ1) is 33.1. The number of imide groups is 1. The van der Waals surface area contributed by atoms with Crippen molar-refractivity contribution < 1.29 is 42.5 Å². The van der Waals surface area contributed by atoms with Crippen LogP contribution in [0.4, 0.5) is 4.79 Å². The Hall–Kier alpha value is -3.82. The van der Waals surface area contributed by atoms with Crippen LogP contribution in [-0.4, -0.2) is 106 Å². The molecule has 0 radical (unpaired) electrons. The minimum atomic E-state index is -2.24. The molecule has 6 amide bonds. The quantitative estimate of drug-likeness (QED) is 0.102. The predicted octanol–water partition coefficient (Wildman–Crippen LogP) is 0.359. The highest BCUT2D eigenvalue weighted by Gasteiger charge is 2.61. The summed E-state index contributed by atoms with van der Waals surface area (Å²) in [4.78, 5) is 83.5. The number of β-lactam (4-membered cyclic amide) rings is 1. The number of esters is 1. The Morgan fingerprint density at radius 1 is 1.14 bits per heavy atom. The van der Waals surface area contributed by atoms with Crippen LogP contribution in [0.1, 0.15) is 25.5 Å².